The minimum absolute atomic E-state index is 0.152. The van der Waals surface area contributed by atoms with Crippen LogP contribution in [0.5, 0.6) is 0 Å². The van der Waals surface area contributed by atoms with Crippen molar-refractivity contribution in [1.82, 2.24) is 5.32 Å². The largest absolute Gasteiger partial charge is 0.325 e. The molecule has 18 heavy (non-hydrogen) atoms. The van der Waals surface area contributed by atoms with Crippen LogP contribution in [0.3, 0.4) is 0 Å². The molecule has 4 heteroatoms. The highest BCUT2D eigenvalue weighted by Gasteiger charge is 2.23. The number of hydrogen-bond acceptors (Lipinski definition) is 3. The van der Waals surface area contributed by atoms with Crippen LogP contribution >= 0.6 is 11.8 Å². The molecule has 0 bridgehead atoms. The zero-order valence-electron chi connectivity index (χ0n) is 10.4. The second kappa shape index (κ2) is 5.33. The maximum atomic E-state index is 12.0. The number of nitrogens with one attached hydrogen (secondary N) is 2. The summed E-state index contributed by atoms with van der Waals surface area (Å²) in [6, 6.07) is 6.29. The smallest absolute Gasteiger partial charge is 0.237 e. The Labute approximate surface area is 112 Å². The minimum atomic E-state index is 0.152. The number of anilines is 1. The zero-order valence-corrected chi connectivity index (χ0v) is 11.2. The molecule has 96 valence electrons. The summed E-state index contributed by atoms with van der Waals surface area (Å²) in [4.78, 5) is 12.0. The van der Waals surface area contributed by atoms with Crippen LogP contribution in [-0.2, 0) is 17.8 Å². The number of thioether (sulfide) groups is 1. The molecule has 1 saturated heterocycles. The number of carbonyl (C=O) groups is 1. The van der Waals surface area contributed by atoms with E-state index < -0.39 is 0 Å². The average molecular weight is 262 g/mol. The van der Waals surface area contributed by atoms with E-state index in [1.54, 1.807) is 11.8 Å². The molecule has 0 aliphatic carbocycles. The monoisotopic (exact) mass is 262 g/mol. The van der Waals surface area contributed by atoms with E-state index in [4.69, 9.17) is 0 Å². The summed E-state index contributed by atoms with van der Waals surface area (Å²) in [5.74, 6) is 1.29. The van der Waals surface area contributed by atoms with Crippen molar-refractivity contribution in [2.24, 2.45) is 0 Å². The van der Waals surface area contributed by atoms with Gasteiger partial charge in [-0.25, -0.2) is 0 Å². The molecule has 0 saturated carbocycles. The van der Waals surface area contributed by atoms with E-state index in [9.17, 15) is 4.79 Å². The maximum absolute atomic E-state index is 12.0. The lowest BCUT2D eigenvalue weighted by atomic mass is 10.0. The van der Waals surface area contributed by atoms with E-state index in [2.05, 4.69) is 22.8 Å². The lowest BCUT2D eigenvalue weighted by molar-refractivity contribution is -0.115. The van der Waals surface area contributed by atoms with Crippen molar-refractivity contribution >= 4 is 23.4 Å². The van der Waals surface area contributed by atoms with Crippen molar-refractivity contribution in [3.8, 4) is 0 Å². The number of carbonyl (C=O) groups excluding carboxylic acids is 1. The lowest BCUT2D eigenvalue weighted by Crippen LogP contribution is -2.25. The highest BCUT2D eigenvalue weighted by atomic mass is 32.2. The third-order valence-corrected chi connectivity index (χ3v) is 4.96. The van der Waals surface area contributed by atoms with Gasteiger partial charge in [0.05, 0.1) is 5.25 Å². The fourth-order valence-corrected chi connectivity index (χ4v) is 3.73. The van der Waals surface area contributed by atoms with Crippen LogP contribution in [0.4, 0.5) is 5.69 Å². The van der Waals surface area contributed by atoms with Crippen LogP contribution in [0.15, 0.2) is 18.2 Å². The number of hydrogen-bond donors (Lipinski definition) is 2. The Morgan fingerprint density at radius 2 is 2.33 bits per heavy atom. The average Bonchev–Trinajstić information content (AvgIpc) is 2.92. The molecule has 1 aromatic rings. The first-order valence-electron chi connectivity index (χ1n) is 6.58. The van der Waals surface area contributed by atoms with Gasteiger partial charge in [-0.2, -0.15) is 0 Å². The van der Waals surface area contributed by atoms with E-state index in [1.165, 1.54) is 11.1 Å². The molecule has 1 aromatic carbocycles. The molecular weight excluding hydrogens is 244 g/mol. The fraction of sp³-hybridized carbons (Fsp3) is 0.500. The minimum Gasteiger partial charge on any atom is -0.325 e. The molecule has 0 spiro atoms. The fourth-order valence-electron chi connectivity index (χ4n) is 2.57. The molecular formula is C14H18N2OS. The van der Waals surface area contributed by atoms with Gasteiger partial charge in [-0.3, -0.25) is 4.79 Å². The van der Waals surface area contributed by atoms with E-state index in [0.717, 1.165) is 43.8 Å². The number of benzene rings is 1. The SMILES string of the molecule is O=C(Nc1ccc2c(c1)CNCC2)C1CCCS1. The van der Waals surface area contributed by atoms with Gasteiger partial charge in [-0.05, 0) is 54.8 Å². The van der Waals surface area contributed by atoms with Gasteiger partial charge in [0, 0.05) is 12.2 Å². The molecule has 3 rings (SSSR count). The number of rotatable bonds is 2. The Kier molecular flexibility index (Phi) is 3.57. The van der Waals surface area contributed by atoms with Gasteiger partial charge in [0.2, 0.25) is 5.91 Å². The van der Waals surface area contributed by atoms with Crippen LogP contribution in [0.25, 0.3) is 0 Å². The summed E-state index contributed by atoms with van der Waals surface area (Å²) >= 11 is 1.77. The predicted molar refractivity (Wildman–Crippen MR) is 76.0 cm³/mol. The van der Waals surface area contributed by atoms with Crippen LogP contribution in [0.1, 0.15) is 24.0 Å². The van der Waals surface area contributed by atoms with Gasteiger partial charge in [0.15, 0.2) is 0 Å². The van der Waals surface area contributed by atoms with Crippen molar-refractivity contribution in [3.63, 3.8) is 0 Å². The topological polar surface area (TPSA) is 41.1 Å². The molecule has 0 aromatic heterocycles. The van der Waals surface area contributed by atoms with E-state index in [-0.39, 0.29) is 11.2 Å². The first-order chi connectivity index (χ1) is 8.83. The first kappa shape index (κ1) is 12.1. The molecule has 0 radical (unpaired) electrons. The van der Waals surface area contributed by atoms with E-state index in [1.807, 2.05) is 6.07 Å². The summed E-state index contributed by atoms with van der Waals surface area (Å²) in [5, 5.41) is 6.56. The molecule has 1 amide bonds. The van der Waals surface area contributed by atoms with Crippen LogP contribution in [-0.4, -0.2) is 23.5 Å². The zero-order chi connectivity index (χ0) is 12.4. The summed E-state index contributed by atoms with van der Waals surface area (Å²) in [6.07, 6.45) is 3.27. The van der Waals surface area contributed by atoms with Crippen LogP contribution in [0.2, 0.25) is 0 Å². The van der Waals surface area contributed by atoms with Crippen molar-refractivity contribution in [1.29, 1.82) is 0 Å². The molecule has 2 aliphatic rings. The second-order valence-corrected chi connectivity index (χ2v) is 6.21. The molecule has 2 N–H and O–H groups in total. The normalized spacial score (nSPS) is 22.6. The van der Waals surface area contributed by atoms with E-state index in [0.29, 0.717) is 0 Å². The number of amides is 1. The molecule has 2 heterocycles. The van der Waals surface area contributed by atoms with E-state index >= 15 is 0 Å². The third-order valence-electron chi connectivity index (χ3n) is 3.58. The van der Waals surface area contributed by atoms with Crippen molar-refractivity contribution < 1.29 is 4.79 Å². The van der Waals surface area contributed by atoms with Crippen LogP contribution in [0, 0.1) is 0 Å². The lowest BCUT2D eigenvalue weighted by Gasteiger charge is -2.18. The molecule has 2 aliphatic heterocycles. The Balaban J connectivity index is 1.70. The molecule has 1 fully saturated rings. The molecule has 3 nitrogen and oxygen atoms in total. The Morgan fingerprint density at radius 1 is 1.39 bits per heavy atom. The van der Waals surface area contributed by atoms with Crippen LogP contribution < -0.4 is 10.6 Å². The Hall–Kier alpha value is -1.00. The van der Waals surface area contributed by atoms with Gasteiger partial charge in [0.25, 0.3) is 0 Å². The summed E-state index contributed by atoms with van der Waals surface area (Å²) in [6.45, 7) is 1.97. The van der Waals surface area contributed by atoms with Gasteiger partial charge in [-0.1, -0.05) is 6.07 Å². The maximum Gasteiger partial charge on any atom is 0.237 e. The number of fused-ring (bicyclic) bond motifs is 1. The van der Waals surface area contributed by atoms with Gasteiger partial charge in [-0.15, -0.1) is 11.8 Å². The summed E-state index contributed by atoms with van der Waals surface area (Å²) < 4.78 is 0. The summed E-state index contributed by atoms with van der Waals surface area (Å²) in [5.41, 5.74) is 3.66. The highest BCUT2D eigenvalue weighted by Crippen LogP contribution is 2.27. The second-order valence-electron chi connectivity index (χ2n) is 4.90. The van der Waals surface area contributed by atoms with Crippen molar-refractivity contribution in [3.05, 3.63) is 29.3 Å². The predicted octanol–water partition coefficient (Wildman–Crippen LogP) is 2.17. The molecule has 1 atom stereocenters. The summed E-state index contributed by atoms with van der Waals surface area (Å²) in [7, 11) is 0. The Morgan fingerprint density at radius 3 is 3.17 bits per heavy atom. The molecule has 1 unspecified atom stereocenters. The first-order valence-corrected chi connectivity index (χ1v) is 7.63. The van der Waals surface area contributed by atoms with Crippen molar-refractivity contribution in [2.45, 2.75) is 31.1 Å². The van der Waals surface area contributed by atoms with Crippen molar-refractivity contribution in [2.75, 3.05) is 17.6 Å². The third kappa shape index (κ3) is 2.54. The highest BCUT2D eigenvalue weighted by molar-refractivity contribution is 8.00. The van der Waals surface area contributed by atoms with Gasteiger partial charge in [0.1, 0.15) is 0 Å². The quantitative estimate of drug-likeness (QED) is 0.858. The van der Waals surface area contributed by atoms with Gasteiger partial charge < -0.3 is 10.6 Å². The van der Waals surface area contributed by atoms with Gasteiger partial charge >= 0.3 is 0 Å². The standard InChI is InChI=1S/C14H18N2OS/c17-14(13-2-1-7-18-13)16-12-4-3-10-5-6-15-9-11(10)8-12/h3-4,8,13,15H,1-2,5-7,9H2,(H,16,17). The Bertz CT molecular complexity index is 455.